The van der Waals surface area contributed by atoms with Gasteiger partial charge in [0.2, 0.25) is 5.91 Å². The van der Waals surface area contributed by atoms with Crippen molar-refractivity contribution in [2.24, 2.45) is 0 Å². The van der Waals surface area contributed by atoms with Crippen LogP contribution in [-0.4, -0.2) is 16.0 Å². The van der Waals surface area contributed by atoms with Crippen LogP contribution >= 0.6 is 11.3 Å². The molecule has 3 aromatic rings. The molecule has 0 aliphatic heterocycles. The highest BCUT2D eigenvalue weighted by Crippen LogP contribution is 2.27. The molecule has 5 nitrogen and oxygen atoms in total. The summed E-state index contributed by atoms with van der Waals surface area (Å²) >= 11 is 1.61. The van der Waals surface area contributed by atoms with Gasteiger partial charge < -0.3 is 9.84 Å². The second kappa shape index (κ2) is 6.50. The summed E-state index contributed by atoms with van der Waals surface area (Å²) in [5.74, 6) is 0.460. The van der Waals surface area contributed by atoms with Gasteiger partial charge in [0.05, 0.1) is 28.4 Å². The number of aryl methyl sites for hydroxylation is 2. The van der Waals surface area contributed by atoms with Crippen molar-refractivity contribution in [2.75, 3.05) is 0 Å². The van der Waals surface area contributed by atoms with Crippen LogP contribution in [0.4, 0.5) is 0 Å². The molecule has 1 aromatic carbocycles. The van der Waals surface area contributed by atoms with E-state index in [1.54, 1.807) is 11.3 Å². The first-order chi connectivity index (χ1) is 11.1. The highest BCUT2D eigenvalue weighted by Gasteiger charge is 2.25. The Hall–Kier alpha value is -2.21. The molecular weight excluding hydrogens is 310 g/mol. The van der Waals surface area contributed by atoms with Gasteiger partial charge in [0.15, 0.2) is 0 Å². The molecule has 0 spiro atoms. The Kier molecular flexibility index (Phi) is 4.43. The summed E-state index contributed by atoms with van der Waals surface area (Å²) in [6.07, 6.45) is 0.703. The number of aromatic nitrogens is 2. The molecule has 1 atom stereocenters. The van der Waals surface area contributed by atoms with E-state index in [2.05, 4.69) is 15.5 Å². The summed E-state index contributed by atoms with van der Waals surface area (Å²) in [4.78, 5) is 17.1. The van der Waals surface area contributed by atoms with Crippen molar-refractivity contribution in [1.29, 1.82) is 0 Å². The molecule has 6 heteroatoms. The number of nitrogens with one attached hydrogen (secondary N) is 1. The van der Waals surface area contributed by atoms with Crippen LogP contribution in [0.15, 0.2) is 28.8 Å². The molecule has 120 valence electrons. The molecule has 3 rings (SSSR count). The third-order valence-electron chi connectivity index (χ3n) is 3.91. The van der Waals surface area contributed by atoms with Crippen LogP contribution in [0.1, 0.15) is 41.3 Å². The van der Waals surface area contributed by atoms with E-state index in [1.807, 2.05) is 45.0 Å². The third-order valence-corrected chi connectivity index (χ3v) is 4.95. The molecule has 0 bridgehead atoms. The summed E-state index contributed by atoms with van der Waals surface area (Å²) in [5.41, 5.74) is 2.65. The fourth-order valence-electron chi connectivity index (χ4n) is 2.79. The summed E-state index contributed by atoms with van der Waals surface area (Å²) in [5, 5.41) is 7.85. The van der Waals surface area contributed by atoms with Gasteiger partial charge in [0.1, 0.15) is 10.8 Å². The average Bonchev–Trinajstić information content (AvgIpc) is 3.11. The number of hydrogen-bond donors (Lipinski definition) is 1. The molecule has 1 N–H and O–H groups in total. The molecule has 1 unspecified atom stereocenters. The minimum absolute atomic E-state index is 0.0128. The van der Waals surface area contributed by atoms with E-state index in [0.29, 0.717) is 18.7 Å². The second-order valence-corrected chi connectivity index (χ2v) is 6.61. The molecule has 2 aromatic heterocycles. The summed E-state index contributed by atoms with van der Waals surface area (Å²) in [7, 11) is 0. The number of amides is 1. The van der Waals surface area contributed by atoms with E-state index in [4.69, 9.17) is 4.52 Å². The van der Waals surface area contributed by atoms with E-state index >= 15 is 0 Å². The maximum atomic E-state index is 12.6. The molecule has 0 saturated heterocycles. The zero-order chi connectivity index (χ0) is 16.4. The van der Waals surface area contributed by atoms with Crippen LogP contribution in [-0.2, 0) is 11.3 Å². The quantitative estimate of drug-likeness (QED) is 0.775. The fraction of sp³-hybridized carbons (Fsp3) is 0.353. The van der Waals surface area contributed by atoms with E-state index in [-0.39, 0.29) is 11.8 Å². The second-order valence-electron chi connectivity index (χ2n) is 5.49. The Morgan fingerprint density at radius 3 is 2.78 bits per heavy atom. The predicted molar refractivity (Wildman–Crippen MR) is 90.5 cm³/mol. The van der Waals surface area contributed by atoms with Crippen molar-refractivity contribution in [3.05, 3.63) is 46.3 Å². The van der Waals surface area contributed by atoms with Crippen molar-refractivity contribution in [2.45, 2.75) is 39.7 Å². The maximum Gasteiger partial charge on any atom is 0.228 e. The SMILES string of the molecule is CCC(C(=O)NCc1nc2ccccc2s1)c1c(C)noc1C. The van der Waals surface area contributed by atoms with Crippen molar-refractivity contribution >= 4 is 27.5 Å². The molecule has 0 saturated carbocycles. The molecule has 0 aliphatic carbocycles. The number of para-hydroxylation sites is 1. The Labute approximate surface area is 138 Å². The zero-order valence-electron chi connectivity index (χ0n) is 13.4. The van der Waals surface area contributed by atoms with Crippen molar-refractivity contribution in [3.63, 3.8) is 0 Å². The van der Waals surface area contributed by atoms with Crippen LogP contribution in [0.5, 0.6) is 0 Å². The number of hydrogen-bond acceptors (Lipinski definition) is 5. The molecule has 23 heavy (non-hydrogen) atoms. The van der Waals surface area contributed by atoms with Crippen LogP contribution < -0.4 is 5.32 Å². The zero-order valence-corrected chi connectivity index (χ0v) is 14.2. The van der Waals surface area contributed by atoms with E-state index in [1.165, 1.54) is 0 Å². The van der Waals surface area contributed by atoms with Gasteiger partial charge in [0.25, 0.3) is 0 Å². The number of thiazole rings is 1. The van der Waals surface area contributed by atoms with E-state index in [9.17, 15) is 4.79 Å². The van der Waals surface area contributed by atoms with Crippen LogP contribution in [0.25, 0.3) is 10.2 Å². The van der Waals surface area contributed by atoms with E-state index < -0.39 is 0 Å². The Morgan fingerprint density at radius 1 is 1.35 bits per heavy atom. The lowest BCUT2D eigenvalue weighted by Gasteiger charge is -2.14. The predicted octanol–water partition coefficient (Wildman–Crippen LogP) is 3.71. The summed E-state index contributed by atoms with van der Waals surface area (Å²) in [6, 6.07) is 7.98. The van der Waals surface area contributed by atoms with Gasteiger partial charge in [-0.2, -0.15) is 0 Å². The van der Waals surface area contributed by atoms with Crippen molar-refractivity contribution in [3.8, 4) is 0 Å². The van der Waals surface area contributed by atoms with Crippen molar-refractivity contribution in [1.82, 2.24) is 15.5 Å². The largest absolute Gasteiger partial charge is 0.361 e. The minimum Gasteiger partial charge on any atom is -0.361 e. The van der Waals surface area contributed by atoms with Gasteiger partial charge in [-0.15, -0.1) is 11.3 Å². The Balaban J connectivity index is 1.72. The van der Waals surface area contributed by atoms with Crippen molar-refractivity contribution < 1.29 is 9.32 Å². The van der Waals surface area contributed by atoms with Gasteiger partial charge >= 0.3 is 0 Å². The first-order valence-corrected chi connectivity index (χ1v) is 8.46. The third kappa shape index (κ3) is 3.12. The average molecular weight is 329 g/mol. The summed E-state index contributed by atoms with van der Waals surface area (Å²) < 4.78 is 6.32. The number of rotatable bonds is 5. The lowest BCUT2D eigenvalue weighted by atomic mass is 9.94. The normalized spacial score (nSPS) is 12.5. The number of carbonyl (C=O) groups excluding carboxylic acids is 1. The van der Waals surface area contributed by atoms with Gasteiger partial charge in [-0.1, -0.05) is 24.2 Å². The fourth-order valence-corrected chi connectivity index (χ4v) is 3.70. The number of carbonyl (C=O) groups is 1. The first-order valence-electron chi connectivity index (χ1n) is 7.65. The highest BCUT2D eigenvalue weighted by molar-refractivity contribution is 7.18. The highest BCUT2D eigenvalue weighted by atomic mass is 32.1. The van der Waals surface area contributed by atoms with Gasteiger partial charge in [-0.05, 0) is 32.4 Å². The Bertz CT molecular complexity index is 785. The standard InChI is InChI=1S/C17H19N3O2S/c1-4-12(16-10(2)20-22-11(16)3)17(21)18-9-15-19-13-7-5-6-8-14(13)23-15/h5-8,12H,4,9H2,1-3H3,(H,18,21). The minimum atomic E-state index is -0.240. The van der Waals surface area contributed by atoms with Gasteiger partial charge in [-0.3, -0.25) is 4.79 Å². The van der Waals surface area contributed by atoms with Crippen LogP contribution in [0.2, 0.25) is 0 Å². The number of benzene rings is 1. The number of fused-ring (bicyclic) bond motifs is 1. The van der Waals surface area contributed by atoms with E-state index in [0.717, 1.165) is 26.5 Å². The maximum absolute atomic E-state index is 12.6. The smallest absolute Gasteiger partial charge is 0.228 e. The molecule has 0 radical (unpaired) electrons. The lowest BCUT2D eigenvalue weighted by Crippen LogP contribution is -2.29. The van der Waals surface area contributed by atoms with Crippen LogP contribution in [0.3, 0.4) is 0 Å². The molecule has 1 amide bonds. The molecule has 0 fully saturated rings. The monoisotopic (exact) mass is 329 g/mol. The number of nitrogens with zero attached hydrogens (tertiary/aromatic N) is 2. The molecule has 0 aliphatic rings. The van der Waals surface area contributed by atoms with Crippen LogP contribution in [0, 0.1) is 13.8 Å². The summed E-state index contributed by atoms with van der Waals surface area (Å²) in [6.45, 7) is 6.15. The van der Waals surface area contributed by atoms with Gasteiger partial charge in [-0.25, -0.2) is 4.98 Å². The topological polar surface area (TPSA) is 68.0 Å². The lowest BCUT2D eigenvalue weighted by molar-refractivity contribution is -0.122. The molecule has 2 heterocycles. The first kappa shape index (κ1) is 15.7. The van der Waals surface area contributed by atoms with Gasteiger partial charge in [0, 0.05) is 5.56 Å². The Morgan fingerprint density at radius 2 is 2.13 bits per heavy atom. The molecular formula is C17H19N3O2S.